The third kappa shape index (κ3) is 5.57. The molecule has 1 aromatic carbocycles. The summed E-state index contributed by atoms with van der Waals surface area (Å²) >= 11 is 0. The first kappa shape index (κ1) is 24.9. The number of aromatic nitrogens is 1. The predicted octanol–water partition coefficient (Wildman–Crippen LogP) is 4.39. The van der Waals surface area contributed by atoms with Gasteiger partial charge in [-0.05, 0) is 69.9 Å². The van der Waals surface area contributed by atoms with Gasteiger partial charge in [0.2, 0.25) is 15.9 Å². The Bertz CT molecular complexity index is 1350. The van der Waals surface area contributed by atoms with Crippen LogP contribution < -0.4 is 5.32 Å². The summed E-state index contributed by atoms with van der Waals surface area (Å²) in [7, 11) is -3.91. The molecule has 9 heteroatoms. The first-order valence-electron chi connectivity index (χ1n) is 11.7. The van der Waals surface area contributed by atoms with Gasteiger partial charge in [0.05, 0.1) is 12.5 Å². The van der Waals surface area contributed by atoms with Gasteiger partial charge in [0, 0.05) is 13.1 Å². The number of benzene rings is 1. The van der Waals surface area contributed by atoms with Crippen LogP contribution in [0.3, 0.4) is 0 Å². The number of hydrogen-bond donors (Lipinski definition) is 1. The van der Waals surface area contributed by atoms with Crippen molar-refractivity contribution in [3.8, 4) is 0 Å². The molecule has 186 valence electrons. The Morgan fingerprint density at radius 1 is 1.17 bits per heavy atom. The molecule has 1 amide bonds. The lowest BCUT2D eigenvalue weighted by Gasteiger charge is -2.31. The summed E-state index contributed by atoms with van der Waals surface area (Å²) in [6, 6.07) is 9.73. The average molecular weight is 498 g/mol. The smallest absolute Gasteiger partial charge is 0.248 e. The molecule has 1 atom stereocenters. The van der Waals surface area contributed by atoms with Gasteiger partial charge in [-0.25, -0.2) is 8.42 Å². The number of hydrogen-bond acceptors (Lipinski definition) is 6. The summed E-state index contributed by atoms with van der Waals surface area (Å²) in [6.45, 7) is 8.18. The van der Waals surface area contributed by atoms with Gasteiger partial charge in [-0.1, -0.05) is 35.0 Å². The summed E-state index contributed by atoms with van der Waals surface area (Å²) < 4.78 is 39.5. The van der Waals surface area contributed by atoms with Crippen LogP contribution in [0.15, 0.2) is 44.2 Å². The summed E-state index contributed by atoms with van der Waals surface area (Å²) in [4.78, 5) is 12.8. The second kappa shape index (κ2) is 10.2. The van der Waals surface area contributed by atoms with Crippen LogP contribution >= 0.6 is 0 Å². The number of carbonyl (C=O) groups is 1. The van der Waals surface area contributed by atoms with Crippen LogP contribution in [-0.2, 0) is 21.4 Å². The molecule has 1 aliphatic rings. The van der Waals surface area contributed by atoms with Crippen molar-refractivity contribution in [1.29, 1.82) is 0 Å². The van der Waals surface area contributed by atoms with Crippen molar-refractivity contribution in [2.45, 2.75) is 52.0 Å². The molecule has 35 heavy (non-hydrogen) atoms. The normalized spacial score (nSPS) is 17.2. The van der Waals surface area contributed by atoms with Crippen molar-refractivity contribution in [2.24, 2.45) is 5.92 Å². The molecule has 1 fully saturated rings. The fraction of sp³-hybridized carbons (Fsp3) is 0.385. The summed E-state index contributed by atoms with van der Waals surface area (Å²) in [5.74, 6) is 0.995. The zero-order chi connectivity index (χ0) is 25.2. The molecule has 1 saturated heterocycles. The lowest BCUT2D eigenvalue weighted by Crippen LogP contribution is -2.45. The Morgan fingerprint density at radius 3 is 2.71 bits per heavy atom. The van der Waals surface area contributed by atoms with Crippen molar-refractivity contribution in [3.63, 3.8) is 0 Å². The van der Waals surface area contributed by atoms with Crippen molar-refractivity contribution in [1.82, 2.24) is 14.8 Å². The van der Waals surface area contributed by atoms with Gasteiger partial charge < -0.3 is 14.3 Å². The minimum Gasteiger partial charge on any atom is -0.465 e. The van der Waals surface area contributed by atoms with E-state index in [1.54, 1.807) is 13.0 Å². The summed E-state index contributed by atoms with van der Waals surface area (Å²) in [5.41, 5.74) is 3.45. The second-order valence-corrected chi connectivity index (χ2v) is 11.0. The lowest BCUT2D eigenvalue weighted by molar-refractivity contribution is -0.126. The molecular formula is C26H31N3O5S. The number of aryl methyl sites for hydroxylation is 4. The molecule has 4 rings (SSSR count). The van der Waals surface area contributed by atoms with Gasteiger partial charge in [-0.2, -0.15) is 4.31 Å². The molecule has 2 aromatic heterocycles. The van der Waals surface area contributed by atoms with Crippen molar-refractivity contribution >= 4 is 28.1 Å². The van der Waals surface area contributed by atoms with Crippen LogP contribution in [0.4, 0.5) is 0 Å². The summed E-state index contributed by atoms with van der Waals surface area (Å²) in [5, 5.41) is 6.79. The number of piperidine rings is 1. The molecule has 3 aromatic rings. The number of sulfonamides is 1. The Morgan fingerprint density at radius 2 is 1.97 bits per heavy atom. The number of furan rings is 1. The highest BCUT2D eigenvalue weighted by atomic mass is 32.2. The minimum atomic E-state index is -3.91. The largest absolute Gasteiger partial charge is 0.465 e. The molecule has 8 nitrogen and oxygen atoms in total. The van der Waals surface area contributed by atoms with E-state index in [1.807, 2.05) is 57.2 Å². The van der Waals surface area contributed by atoms with Gasteiger partial charge in [0.15, 0.2) is 10.7 Å². The standard InChI is InChI=1S/C26H31N3O5S/c1-17-7-8-18(2)21(14-17)10-12-24-25(20(4)28-34-24)35(31,32)29-13-5-6-22(16-29)26(30)27-15-23-11-9-19(3)33-23/h7-12,14,22H,5-6,13,15-16H2,1-4H3,(H,27,30). The molecule has 1 unspecified atom stereocenters. The highest BCUT2D eigenvalue weighted by Gasteiger charge is 2.36. The number of rotatable bonds is 7. The van der Waals surface area contributed by atoms with E-state index in [9.17, 15) is 13.2 Å². The van der Waals surface area contributed by atoms with E-state index in [4.69, 9.17) is 8.94 Å². The lowest BCUT2D eigenvalue weighted by atomic mass is 9.99. The van der Waals surface area contributed by atoms with E-state index in [0.29, 0.717) is 30.8 Å². The molecular weight excluding hydrogens is 466 g/mol. The van der Waals surface area contributed by atoms with Crippen LogP contribution in [0, 0.1) is 33.6 Å². The third-order valence-corrected chi connectivity index (χ3v) is 8.29. The molecule has 0 spiro atoms. The monoisotopic (exact) mass is 497 g/mol. The van der Waals surface area contributed by atoms with Gasteiger partial charge in [-0.15, -0.1) is 0 Å². The number of amides is 1. The maximum absolute atomic E-state index is 13.6. The van der Waals surface area contributed by atoms with Gasteiger partial charge >= 0.3 is 0 Å². The van der Waals surface area contributed by atoms with E-state index in [0.717, 1.165) is 22.5 Å². The number of nitrogens with one attached hydrogen (secondary N) is 1. The first-order valence-corrected chi connectivity index (χ1v) is 13.1. The Labute approximate surface area is 206 Å². The fourth-order valence-corrected chi connectivity index (χ4v) is 6.08. The highest BCUT2D eigenvalue weighted by molar-refractivity contribution is 7.89. The van der Waals surface area contributed by atoms with E-state index < -0.39 is 15.9 Å². The zero-order valence-corrected chi connectivity index (χ0v) is 21.3. The summed E-state index contributed by atoms with van der Waals surface area (Å²) in [6.07, 6.45) is 4.70. The van der Waals surface area contributed by atoms with Crippen LogP contribution in [-0.4, -0.2) is 36.9 Å². The maximum Gasteiger partial charge on any atom is 0.248 e. The van der Waals surface area contributed by atoms with Gasteiger partial charge in [0.1, 0.15) is 17.2 Å². The zero-order valence-electron chi connectivity index (χ0n) is 20.5. The Hall–Kier alpha value is -3.17. The quantitative estimate of drug-likeness (QED) is 0.519. The Balaban J connectivity index is 1.51. The Kier molecular flexibility index (Phi) is 7.28. The molecule has 0 aliphatic carbocycles. The number of carbonyl (C=O) groups excluding carboxylic acids is 1. The second-order valence-electron chi connectivity index (χ2n) is 9.09. The predicted molar refractivity (Wildman–Crippen MR) is 133 cm³/mol. The van der Waals surface area contributed by atoms with Crippen LogP contribution in [0.1, 0.15) is 52.5 Å². The SMILES string of the molecule is Cc1ccc(C)c(C=Cc2onc(C)c2S(=O)(=O)N2CCCC(C(=O)NCc3ccc(C)o3)C2)c1. The fourth-order valence-electron chi connectivity index (χ4n) is 4.31. The maximum atomic E-state index is 13.6. The molecule has 1 aliphatic heterocycles. The molecule has 0 bridgehead atoms. The van der Waals surface area contributed by atoms with Crippen LogP contribution in [0.25, 0.3) is 12.2 Å². The first-order chi connectivity index (χ1) is 16.6. The van der Waals surface area contributed by atoms with E-state index >= 15 is 0 Å². The van der Waals surface area contributed by atoms with E-state index in [2.05, 4.69) is 10.5 Å². The van der Waals surface area contributed by atoms with Crippen molar-refractivity contribution in [2.75, 3.05) is 13.1 Å². The highest BCUT2D eigenvalue weighted by Crippen LogP contribution is 2.29. The third-order valence-electron chi connectivity index (χ3n) is 6.27. The van der Waals surface area contributed by atoms with Crippen molar-refractivity contribution < 1.29 is 22.2 Å². The number of nitrogens with zero attached hydrogens (tertiary/aromatic N) is 2. The topological polar surface area (TPSA) is 106 Å². The van der Waals surface area contributed by atoms with E-state index in [-0.39, 0.29) is 29.7 Å². The minimum absolute atomic E-state index is 0.0474. The molecule has 0 saturated carbocycles. The van der Waals surface area contributed by atoms with Crippen LogP contribution in [0.5, 0.6) is 0 Å². The van der Waals surface area contributed by atoms with Crippen molar-refractivity contribution in [3.05, 3.63) is 70.0 Å². The van der Waals surface area contributed by atoms with Gasteiger partial charge in [-0.3, -0.25) is 4.79 Å². The molecule has 1 N–H and O–H groups in total. The van der Waals surface area contributed by atoms with Crippen LogP contribution in [0.2, 0.25) is 0 Å². The van der Waals surface area contributed by atoms with Gasteiger partial charge in [0.25, 0.3) is 0 Å². The molecule has 0 radical (unpaired) electrons. The molecule has 3 heterocycles. The van der Waals surface area contributed by atoms with E-state index in [1.165, 1.54) is 4.31 Å². The average Bonchev–Trinajstić information content (AvgIpc) is 3.43.